The van der Waals surface area contributed by atoms with Crippen molar-refractivity contribution in [3.05, 3.63) is 108 Å². The zero-order valence-corrected chi connectivity index (χ0v) is 25.0. The number of hydrogen-bond donors (Lipinski definition) is 0. The summed E-state index contributed by atoms with van der Waals surface area (Å²) in [5, 5.41) is 2.74. The molecule has 0 aliphatic carbocycles. The number of fused-ring (bicyclic) bond motifs is 8. The van der Waals surface area contributed by atoms with E-state index in [1.807, 2.05) is 6.20 Å². The molecule has 0 N–H and O–H groups in total. The number of pyridine rings is 2. The van der Waals surface area contributed by atoms with Crippen molar-refractivity contribution < 1.29 is 8.97 Å². The molecule has 0 fully saturated rings. The van der Waals surface area contributed by atoms with E-state index >= 15 is 0 Å². The first-order valence-electron chi connectivity index (χ1n) is 15.3. The molecule has 0 saturated carbocycles. The first-order valence-corrected chi connectivity index (χ1v) is 15.3. The standard InChI is InChI=1S/C37H40N4/c1-6-9-13-27-14-12-15-29-28(27)19-22-41-34(29)30-24-26(4)17-18-31(30)36(5,7-2)37(41,8-3)25-33-39-21-11-10-16-32(39)35-38-20-23-40(33)35/h10-12,14-25H,6-9,13H2,1-5H3/q+2. The molecule has 0 amide bonds. The Bertz CT molecular complexity index is 2000. The second-order valence-electron chi connectivity index (χ2n) is 12.1. The number of aromatic nitrogens is 4. The number of unbranched alkanes of at least 4 members (excludes halogenated alkanes) is 1. The van der Waals surface area contributed by atoms with Gasteiger partial charge in [0.15, 0.2) is 11.7 Å². The normalized spacial score (nSPS) is 20.7. The molecule has 4 nitrogen and oxygen atoms in total. The molecule has 1 aliphatic heterocycles. The first kappa shape index (κ1) is 25.9. The molecule has 0 bridgehead atoms. The predicted molar refractivity (Wildman–Crippen MR) is 167 cm³/mol. The lowest BCUT2D eigenvalue weighted by atomic mass is 9.59. The highest BCUT2D eigenvalue weighted by molar-refractivity contribution is 5.96. The Kier molecular flexibility index (Phi) is 6.01. The summed E-state index contributed by atoms with van der Waals surface area (Å²) in [6.45, 7) is 11.7. The molecule has 0 saturated heterocycles. The lowest BCUT2D eigenvalue weighted by Gasteiger charge is -2.46. The molecule has 7 rings (SSSR count). The van der Waals surface area contributed by atoms with Crippen LogP contribution in [-0.2, 0) is 17.4 Å². The molecule has 206 valence electrons. The van der Waals surface area contributed by atoms with Gasteiger partial charge in [-0.25, -0.2) is 4.98 Å². The average Bonchev–Trinajstić information content (AvgIpc) is 3.59. The van der Waals surface area contributed by atoms with E-state index < -0.39 is 0 Å². The summed E-state index contributed by atoms with van der Waals surface area (Å²) in [4.78, 5) is 4.75. The second kappa shape index (κ2) is 9.51. The SMILES string of the molecule is CCCCc1cccc2c3[n+](ccc12)C(C=c1n2ccnc2c2cccc[n+]12)(CC)C(C)(CC)c1ccc(C)cc1-3. The van der Waals surface area contributed by atoms with Crippen LogP contribution in [0.3, 0.4) is 0 Å². The van der Waals surface area contributed by atoms with E-state index in [-0.39, 0.29) is 11.0 Å². The fourth-order valence-electron chi connectivity index (χ4n) is 7.76. The smallest absolute Gasteiger partial charge is 0.210 e. The summed E-state index contributed by atoms with van der Waals surface area (Å²) in [6, 6.07) is 22.9. The summed E-state index contributed by atoms with van der Waals surface area (Å²) in [6.07, 6.45) is 16.7. The average molecular weight is 541 g/mol. The maximum absolute atomic E-state index is 4.75. The van der Waals surface area contributed by atoms with Gasteiger partial charge in [-0.1, -0.05) is 63.1 Å². The highest BCUT2D eigenvalue weighted by atomic mass is 15.1. The predicted octanol–water partition coefficient (Wildman–Crippen LogP) is 6.82. The van der Waals surface area contributed by atoms with E-state index in [0.717, 1.165) is 35.9 Å². The number of nitrogens with zero attached hydrogens (tertiary/aromatic N) is 4. The molecule has 6 aromatic rings. The fraction of sp³-hybridized carbons (Fsp3) is 0.324. The van der Waals surface area contributed by atoms with Gasteiger partial charge in [0, 0.05) is 12.5 Å². The number of imidazole rings is 2. The third-order valence-corrected chi connectivity index (χ3v) is 10.1. The third-order valence-electron chi connectivity index (χ3n) is 10.1. The quantitative estimate of drug-likeness (QED) is 0.213. The van der Waals surface area contributed by atoms with Crippen LogP contribution in [-0.4, -0.2) is 9.38 Å². The molecule has 41 heavy (non-hydrogen) atoms. The fourth-order valence-corrected chi connectivity index (χ4v) is 7.76. The van der Waals surface area contributed by atoms with Crippen LogP contribution >= 0.6 is 0 Å². The number of aryl methyl sites for hydroxylation is 2. The topological polar surface area (TPSA) is 25.3 Å². The van der Waals surface area contributed by atoms with E-state index in [0.29, 0.717) is 0 Å². The molecule has 1 aliphatic rings. The van der Waals surface area contributed by atoms with Crippen molar-refractivity contribution in [1.29, 1.82) is 0 Å². The van der Waals surface area contributed by atoms with Crippen LogP contribution in [0, 0.1) is 6.92 Å². The van der Waals surface area contributed by atoms with Gasteiger partial charge in [-0.05, 0) is 73.9 Å². The highest BCUT2D eigenvalue weighted by Crippen LogP contribution is 2.52. The summed E-state index contributed by atoms with van der Waals surface area (Å²) in [5.74, 6) is 0. The van der Waals surface area contributed by atoms with Crippen molar-refractivity contribution >= 4 is 28.0 Å². The molecular weight excluding hydrogens is 500 g/mol. The summed E-state index contributed by atoms with van der Waals surface area (Å²) < 4.78 is 7.21. The first-order chi connectivity index (χ1) is 20.0. The van der Waals surface area contributed by atoms with E-state index in [2.05, 4.69) is 133 Å². The summed E-state index contributed by atoms with van der Waals surface area (Å²) in [7, 11) is 0. The molecule has 2 aromatic carbocycles. The van der Waals surface area contributed by atoms with Crippen molar-refractivity contribution in [2.75, 3.05) is 0 Å². The molecule has 4 heteroatoms. The van der Waals surface area contributed by atoms with Gasteiger partial charge >= 0.3 is 0 Å². The van der Waals surface area contributed by atoms with Gasteiger partial charge in [0.1, 0.15) is 6.20 Å². The number of benzene rings is 2. The van der Waals surface area contributed by atoms with Gasteiger partial charge in [-0.3, -0.25) is 0 Å². The lowest BCUT2D eigenvalue weighted by Crippen LogP contribution is -2.69. The monoisotopic (exact) mass is 540 g/mol. The van der Waals surface area contributed by atoms with Crippen molar-refractivity contribution in [3.63, 3.8) is 0 Å². The van der Waals surface area contributed by atoms with Crippen molar-refractivity contribution in [1.82, 2.24) is 9.38 Å². The van der Waals surface area contributed by atoms with Crippen molar-refractivity contribution in [2.45, 2.75) is 77.7 Å². The Morgan fingerprint density at radius 3 is 2.61 bits per heavy atom. The van der Waals surface area contributed by atoms with E-state index in [1.54, 1.807) is 0 Å². The number of rotatable bonds is 6. The Labute approximate surface area is 242 Å². The Balaban J connectivity index is 1.65. The number of hydrogen-bond acceptors (Lipinski definition) is 1. The van der Waals surface area contributed by atoms with Crippen LogP contribution in [0.2, 0.25) is 0 Å². The summed E-state index contributed by atoms with van der Waals surface area (Å²) in [5.41, 5.74) is 9.74. The minimum absolute atomic E-state index is 0.137. The third kappa shape index (κ3) is 3.49. The van der Waals surface area contributed by atoms with Gasteiger partial charge in [-0.2, -0.15) is 13.4 Å². The van der Waals surface area contributed by atoms with Gasteiger partial charge in [0.2, 0.25) is 11.2 Å². The van der Waals surface area contributed by atoms with E-state index in [4.69, 9.17) is 4.98 Å². The molecular formula is C37H40N4+2. The van der Waals surface area contributed by atoms with Crippen LogP contribution in [0.5, 0.6) is 0 Å². The van der Waals surface area contributed by atoms with E-state index in [9.17, 15) is 0 Å². The van der Waals surface area contributed by atoms with Gasteiger partial charge in [0.05, 0.1) is 34.8 Å². The Morgan fingerprint density at radius 1 is 0.927 bits per heavy atom. The zero-order chi connectivity index (χ0) is 28.4. The minimum atomic E-state index is -0.311. The van der Waals surface area contributed by atoms with Crippen LogP contribution in [0.4, 0.5) is 0 Å². The lowest BCUT2D eigenvalue weighted by molar-refractivity contribution is -0.750. The summed E-state index contributed by atoms with van der Waals surface area (Å²) >= 11 is 0. The maximum atomic E-state index is 4.75. The maximum Gasteiger partial charge on any atom is 0.296 e. The van der Waals surface area contributed by atoms with Crippen molar-refractivity contribution in [3.8, 4) is 11.3 Å². The van der Waals surface area contributed by atoms with Crippen LogP contribution < -0.4 is 14.4 Å². The molecule has 4 aromatic heterocycles. The molecule has 0 spiro atoms. The largest absolute Gasteiger partial charge is 0.296 e. The van der Waals surface area contributed by atoms with Crippen molar-refractivity contribution in [2.24, 2.45) is 0 Å². The molecule has 2 atom stereocenters. The zero-order valence-electron chi connectivity index (χ0n) is 25.0. The molecule has 0 radical (unpaired) electrons. The Morgan fingerprint density at radius 2 is 1.80 bits per heavy atom. The van der Waals surface area contributed by atoms with Gasteiger partial charge in [-0.15, -0.1) is 0 Å². The van der Waals surface area contributed by atoms with Gasteiger partial charge in [0.25, 0.3) is 11.1 Å². The van der Waals surface area contributed by atoms with Crippen LogP contribution in [0.1, 0.15) is 70.1 Å². The molecule has 5 heterocycles. The van der Waals surface area contributed by atoms with Crippen LogP contribution in [0.25, 0.3) is 39.3 Å². The van der Waals surface area contributed by atoms with Crippen LogP contribution in [0.15, 0.2) is 85.5 Å². The van der Waals surface area contributed by atoms with Gasteiger partial charge < -0.3 is 0 Å². The molecule has 2 unspecified atom stereocenters. The highest BCUT2D eigenvalue weighted by Gasteiger charge is 2.59. The van der Waals surface area contributed by atoms with E-state index in [1.165, 1.54) is 51.6 Å². The second-order valence-corrected chi connectivity index (χ2v) is 12.1. The Hall–Kier alpha value is -4.05. The minimum Gasteiger partial charge on any atom is -0.210 e.